The number of ether oxygens (including phenoxy) is 1. The number of hydrogen-bond acceptors (Lipinski definition) is 6. The molecule has 1 aromatic heterocycles. The molecule has 1 atom stereocenters. The smallest absolute Gasteiger partial charge is 0.410 e. The largest absolute Gasteiger partial charge is 0.444 e. The van der Waals surface area contributed by atoms with Crippen LogP contribution < -0.4 is 5.32 Å². The van der Waals surface area contributed by atoms with Gasteiger partial charge < -0.3 is 15.0 Å². The van der Waals surface area contributed by atoms with Crippen LogP contribution in [0.3, 0.4) is 0 Å². The summed E-state index contributed by atoms with van der Waals surface area (Å²) in [6.45, 7) is 6.33. The lowest BCUT2D eigenvalue weighted by atomic mass is 10.2. The molecule has 1 N–H and O–H groups in total. The molecule has 0 radical (unpaired) electrons. The van der Waals surface area contributed by atoms with Crippen molar-refractivity contribution in [2.24, 2.45) is 0 Å². The second-order valence-corrected chi connectivity index (χ2v) is 6.77. The summed E-state index contributed by atoms with van der Waals surface area (Å²) < 4.78 is 5.32. The van der Waals surface area contributed by atoms with Gasteiger partial charge in [-0.05, 0) is 27.2 Å². The molecule has 8 nitrogen and oxygen atoms in total. The first kappa shape index (κ1) is 17.3. The summed E-state index contributed by atoms with van der Waals surface area (Å²) in [7, 11) is 0. The Bertz CT molecular complexity index is 617. The van der Waals surface area contributed by atoms with Crippen LogP contribution in [0.15, 0.2) is 12.3 Å². The van der Waals surface area contributed by atoms with Crippen molar-refractivity contribution in [3.05, 3.63) is 27.4 Å². The third-order valence-electron chi connectivity index (χ3n) is 3.21. The molecule has 1 unspecified atom stereocenters. The number of hydrogen-bond donors (Lipinski definition) is 1. The van der Waals surface area contributed by atoms with E-state index in [1.165, 1.54) is 12.3 Å². The van der Waals surface area contributed by atoms with E-state index in [0.29, 0.717) is 19.5 Å². The van der Waals surface area contributed by atoms with Crippen LogP contribution in [-0.2, 0) is 4.74 Å². The van der Waals surface area contributed by atoms with Crippen LogP contribution in [0.4, 0.5) is 16.3 Å². The maximum Gasteiger partial charge on any atom is 0.410 e. The predicted octanol–water partition coefficient (Wildman–Crippen LogP) is 3.06. The second-order valence-electron chi connectivity index (χ2n) is 6.33. The summed E-state index contributed by atoms with van der Waals surface area (Å²) in [6, 6.07) is 1.12. The first-order valence-corrected chi connectivity index (χ1v) is 7.58. The van der Waals surface area contributed by atoms with Crippen LogP contribution in [-0.4, -0.2) is 45.6 Å². The monoisotopic (exact) mass is 342 g/mol. The van der Waals surface area contributed by atoms with Gasteiger partial charge in [-0.1, -0.05) is 11.6 Å². The Morgan fingerprint density at radius 2 is 2.26 bits per heavy atom. The lowest BCUT2D eigenvalue weighted by Gasteiger charge is -2.24. The van der Waals surface area contributed by atoms with E-state index in [2.05, 4.69) is 10.3 Å². The number of carbonyl (C=O) groups is 1. The molecule has 1 aromatic rings. The predicted molar refractivity (Wildman–Crippen MR) is 85.7 cm³/mol. The van der Waals surface area contributed by atoms with E-state index < -0.39 is 10.5 Å². The SMILES string of the molecule is CC(C)(C)OC(=O)N1CCC(Nc2ncc(Cl)cc2[N+](=O)[O-])C1. The highest BCUT2D eigenvalue weighted by molar-refractivity contribution is 6.30. The summed E-state index contributed by atoms with van der Waals surface area (Å²) in [5, 5.41) is 14.3. The number of nitrogens with zero attached hydrogens (tertiary/aromatic N) is 3. The summed E-state index contributed by atoms with van der Waals surface area (Å²) in [6.07, 6.45) is 1.61. The van der Waals surface area contributed by atoms with Gasteiger partial charge in [-0.2, -0.15) is 0 Å². The van der Waals surface area contributed by atoms with Crippen molar-refractivity contribution in [1.29, 1.82) is 0 Å². The van der Waals surface area contributed by atoms with Crippen molar-refractivity contribution in [1.82, 2.24) is 9.88 Å². The van der Waals surface area contributed by atoms with Gasteiger partial charge in [0.2, 0.25) is 5.82 Å². The maximum absolute atomic E-state index is 12.0. The van der Waals surface area contributed by atoms with E-state index in [-0.39, 0.29) is 28.7 Å². The molecule has 0 saturated carbocycles. The van der Waals surface area contributed by atoms with Crippen LogP contribution >= 0.6 is 11.6 Å². The average molecular weight is 343 g/mol. The first-order valence-electron chi connectivity index (χ1n) is 7.20. The van der Waals surface area contributed by atoms with Crippen molar-refractivity contribution in [2.45, 2.75) is 38.8 Å². The molecule has 0 aliphatic carbocycles. The van der Waals surface area contributed by atoms with E-state index >= 15 is 0 Å². The van der Waals surface area contributed by atoms with Gasteiger partial charge >= 0.3 is 11.8 Å². The zero-order valence-corrected chi connectivity index (χ0v) is 14.0. The average Bonchev–Trinajstić information content (AvgIpc) is 2.87. The van der Waals surface area contributed by atoms with Crippen LogP contribution in [0.1, 0.15) is 27.2 Å². The van der Waals surface area contributed by atoms with Gasteiger partial charge in [0.1, 0.15) is 5.60 Å². The van der Waals surface area contributed by atoms with Crippen LogP contribution in [0.2, 0.25) is 5.02 Å². The molecule has 1 aliphatic heterocycles. The van der Waals surface area contributed by atoms with E-state index in [0.717, 1.165) is 0 Å². The minimum atomic E-state index is -0.556. The number of carbonyl (C=O) groups excluding carboxylic acids is 1. The number of pyridine rings is 1. The van der Waals surface area contributed by atoms with Gasteiger partial charge in [-0.15, -0.1) is 0 Å². The molecule has 9 heteroatoms. The molecule has 23 heavy (non-hydrogen) atoms. The molecular formula is C14H19ClN4O4. The van der Waals surface area contributed by atoms with E-state index in [9.17, 15) is 14.9 Å². The third-order valence-corrected chi connectivity index (χ3v) is 3.42. The fraction of sp³-hybridized carbons (Fsp3) is 0.571. The van der Waals surface area contributed by atoms with Crippen LogP contribution in [0.25, 0.3) is 0 Å². The Morgan fingerprint density at radius 1 is 1.57 bits per heavy atom. The van der Waals surface area contributed by atoms with Crippen molar-refractivity contribution in [3.63, 3.8) is 0 Å². The Morgan fingerprint density at radius 3 is 2.87 bits per heavy atom. The molecule has 1 fully saturated rings. The Balaban J connectivity index is 2.01. The van der Waals surface area contributed by atoms with Gasteiger partial charge in [0.05, 0.1) is 9.95 Å². The third kappa shape index (κ3) is 4.69. The Kier molecular flexibility index (Phi) is 4.93. The number of nitro groups is 1. The lowest BCUT2D eigenvalue weighted by Crippen LogP contribution is -2.36. The first-order chi connectivity index (χ1) is 10.7. The summed E-state index contributed by atoms with van der Waals surface area (Å²) in [5.41, 5.74) is -0.743. The summed E-state index contributed by atoms with van der Waals surface area (Å²) in [5.74, 6) is 0.149. The summed E-state index contributed by atoms with van der Waals surface area (Å²) >= 11 is 5.74. The zero-order chi connectivity index (χ0) is 17.2. The van der Waals surface area contributed by atoms with Crippen LogP contribution in [0, 0.1) is 10.1 Å². The number of rotatable bonds is 3. The number of halogens is 1. The highest BCUT2D eigenvalue weighted by atomic mass is 35.5. The molecule has 1 aliphatic rings. The molecule has 1 saturated heterocycles. The molecule has 0 aromatic carbocycles. The highest BCUT2D eigenvalue weighted by Crippen LogP contribution is 2.27. The van der Waals surface area contributed by atoms with Gasteiger partial charge in [0, 0.05) is 31.4 Å². The fourth-order valence-electron chi connectivity index (χ4n) is 2.24. The van der Waals surface area contributed by atoms with Crippen molar-refractivity contribution >= 4 is 29.2 Å². The zero-order valence-electron chi connectivity index (χ0n) is 13.2. The minimum absolute atomic E-state index is 0.130. The number of anilines is 1. The Labute approximate surface area is 138 Å². The van der Waals surface area contributed by atoms with Gasteiger partial charge in [-0.25, -0.2) is 9.78 Å². The normalized spacial score (nSPS) is 17.9. The quantitative estimate of drug-likeness (QED) is 0.669. The maximum atomic E-state index is 12.0. The van der Waals surface area contributed by atoms with Gasteiger partial charge in [-0.3, -0.25) is 10.1 Å². The minimum Gasteiger partial charge on any atom is -0.444 e. The fourth-order valence-corrected chi connectivity index (χ4v) is 2.39. The standard InChI is InChI=1S/C14H19ClN4O4/c1-14(2,3)23-13(20)18-5-4-10(8-18)17-12-11(19(21)22)6-9(15)7-16-12/h6-7,10H,4-5,8H2,1-3H3,(H,16,17). The van der Waals surface area contributed by atoms with E-state index in [4.69, 9.17) is 16.3 Å². The number of aromatic nitrogens is 1. The van der Waals surface area contributed by atoms with Gasteiger partial charge in [0.25, 0.3) is 0 Å². The van der Waals surface area contributed by atoms with Crippen LogP contribution in [0.5, 0.6) is 0 Å². The van der Waals surface area contributed by atoms with E-state index in [1.807, 2.05) is 0 Å². The second kappa shape index (κ2) is 6.57. The number of likely N-dealkylation sites (tertiary alicyclic amines) is 1. The molecule has 0 bridgehead atoms. The molecule has 2 heterocycles. The Hall–Kier alpha value is -2.09. The number of amides is 1. The summed E-state index contributed by atoms with van der Waals surface area (Å²) in [4.78, 5) is 28.1. The van der Waals surface area contributed by atoms with Crippen molar-refractivity contribution in [2.75, 3.05) is 18.4 Å². The molecule has 0 spiro atoms. The highest BCUT2D eigenvalue weighted by Gasteiger charge is 2.31. The lowest BCUT2D eigenvalue weighted by molar-refractivity contribution is -0.384. The molecule has 2 rings (SSSR count). The molecule has 126 valence electrons. The van der Waals surface area contributed by atoms with Crippen molar-refractivity contribution in [3.8, 4) is 0 Å². The topological polar surface area (TPSA) is 97.6 Å². The van der Waals surface area contributed by atoms with E-state index in [1.54, 1.807) is 25.7 Å². The van der Waals surface area contributed by atoms with Crippen molar-refractivity contribution < 1.29 is 14.5 Å². The number of nitrogens with one attached hydrogen (secondary N) is 1. The van der Waals surface area contributed by atoms with Gasteiger partial charge in [0.15, 0.2) is 0 Å². The molecule has 1 amide bonds. The molecular weight excluding hydrogens is 324 g/mol.